The molecule has 2 aliphatic rings. The van der Waals surface area contributed by atoms with Crippen molar-refractivity contribution in [2.75, 3.05) is 23.9 Å². The SMILES string of the molecule is CN1c2cc3[o+]c4cc5c(cc4c(-c4c(F)c(F)cc(F)c4S(=O)(=O)O)c3cc2-c2sc3ccccc3c2C1(C)C)-c1sc2ccccc2c1C(C)(C)N5C. The highest BCUT2D eigenvalue weighted by Crippen LogP contribution is 2.58. The molecule has 8 aromatic rings. The summed E-state index contributed by atoms with van der Waals surface area (Å²) in [4.78, 5) is 4.84. The summed E-state index contributed by atoms with van der Waals surface area (Å²) in [7, 11) is -1.46. The van der Waals surface area contributed by atoms with Gasteiger partial charge in [0.1, 0.15) is 10.7 Å². The number of halogens is 3. The van der Waals surface area contributed by atoms with Gasteiger partial charge < -0.3 is 9.80 Å². The molecule has 0 unspecified atom stereocenters. The molecule has 5 heterocycles. The summed E-state index contributed by atoms with van der Waals surface area (Å²) < 4.78 is 93.0. The minimum atomic E-state index is -5.43. The number of fused-ring (bicyclic) bond motifs is 12. The maximum atomic E-state index is 16.5. The number of anilines is 2. The molecule has 0 saturated carbocycles. The van der Waals surface area contributed by atoms with Gasteiger partial charge in [0.05, 0.1) is 45.4 Å². The van der Waals surface area contributed by atoms with Gasteiger partial charge in [0, 0.05) is 72.7 Å². The van der Waals surface area contributed by atoms with Gasteiger partial charge in [-0.15, -0.1) is 22.7 Å². The molecule has 0 spiro atoms. The van der Waals surface area contributed by atoms with E-state index in [2.05, 4.69) is 61.8 Å². The van der Waals surface area contributed by atoms with Crippen LogP contribution in [0.3, 0.4) is 0 Å². The molecule has 0 fully saturated rings. The third-order valence-electron chi connectivity index (χ3n) is 11.9. The van der Waals surface area contributed by atoms with Crippen molar-refractivity contribution in [2.24, 2.45) is 0 Å². The molecule has 0 bridgehead atoms. The van der Waals surface area contributed by atoms with Crippen molar-refractivity contribution in [1.29, 1.82) is 0 Å². The molecule has 3 aromatic heterocycles. The van der Waals surface area contributed by atoms with Crippen LogP contribution in [0.15, 0.2) is 88.2 Å². The highest BCUT2D eigenvalue weighted by molar-refractivity contribution is 7.86. The molecule has 6 nitrogen and oxygen atoms in total. The number of thiophene rings is 2. The van der Waals surface area contributed by atoms with E-state index in [-0.39, 0.29) is 33.6 Å². The first-order valence-electron chi connectivity index (χ1n) is 17.6. The van der Waals surface area contributed by atoms with Crippen molar-refractivity contribution in [1.82, 2.24) is 0 Å². The van der Waals surface area contributed by atoms with Crippen LogP contribution in [0.25, 0.3) is 74.1 Å². The summed E-state index contributed by atoms with van der Waals surface area (Å²) in [5, 5.41) is 2.60. The summed E-state index contributed by atoms with van der Waals surface area (Å²) in [5.74, 6) is -4.82. The predicted octanol–water partition coefficient (Wildman–Crippen LogP) is 12.3. The lowest BCUT2D eigenvalue weighted by molar-refractivity contribution is 0.460. The Morgan fingerprint density at radius 3 is 1.55 bits per heavy atom. The molecule has 1 N–H and O–H groups in total. The van der Waals surface area contributed by atoms with Crippen molar-refractivity contribution in [2.45, 2.75) is 43.7 Å². The van der Waals surface area contributed by atoms with Crippen LogP contribution in [-0.4, -0.2) is 27.1 Å². The lowest BCUT2D eigenvalue weighted by atomic mass is 9.82. The number of hydrogen-bond donors (Lipinski definition) is 1. The fraction of sp³-hybridized carbons (Fsp3) is 0.186. The van der Waals surface area contributed by atoms with E-state index in [1.807, 2.05) is 50.5 Å². The number of benzene rings is 5. The van der Waals surface area contributed by atoms with Crippen LogP contribution in [0.2, 0.25) is 0 Å². The monoisotopic (exact) mass is 793 g/mol. The number of rotatable bonds is 2. The van der Waals surface area contributed by atoms with Gasteiger partial charge in [0.15, 0.2) is 11.6 Å². The predicted molar refractivity (Wildman–Crippen MR) is 218 cm³/mol. The summed E-state index contributed by atoms with van der Waals surface area (Å²) in [5.41, 5.74) is 3.80. The van der Waals surface area contributed by atoms with E-state index in [0.717, 1.165) is 63.6 Å². The Bertz CT molecular complexity index is 3010. The lowest BCUT2D eigenvalue weighted by Gasteiger charge is -2.43. The van der Waals surface area contributed by atoms with Crippen LogP contribution in [0.1, 0.15) is 38.8 Å². The van der Waals surface area contributed by atoms with Gasteiger partial charge in [-0.1, -0.05) is 36.4 Å². The van der Waals surface area contributed by atoms with Gasteiger partial charge in [0.2, 0.25) is 0 Å². The quantitative estimate of drug-likeness (QED) is 0.0813. The van der Waals surface area contributed by atoms with Crippen LogP contribution < -0.4 is 9.80 Å². The Balaban J connectivity index is 1.41. The van der Waals surface area contributed by atoms with Crippen molar-refractivity contribution in [3.05, 3.63) is 107 Å². The fourth-order valence-corrected chi connectivity index (χ4v) is 12.3. The first-order chi connectivity index (χ1) is 26.0. The minimum absolute atomic E-state index is 0.115. The first-order valence-corrected chi connectivity index (χ1v) is 20.7. The highest BCUT2D eigenvalue weighted by Gasteiger charge is 2.43. The van der Waals surface area contributed by atoms with E-state index in [1.54, 1.807) is 34.8 Å². The lowest BCUT2D eigenvalue weighted by Crippen LogP contribution is -2.41. The van der Waals surface area contributed by atoms with E-state index in [4.69, 9.17) is 4.42 Å². The average molecular weight is 794 g/mol. The van der Waals surface area contributed by atoms with Gasteiger partial charge in [-0.25, -0.2) is 17.6 Å². The molecule has 5 aromatic carbocycles. The van der Waals surface area contributed by atoms with Crippen LogP contribution in [0.5, 0.6) is 0 Å². The molecule has 0 aliphatic carbocycles. The second kappa shape index (κ2) is 11.1. The molecule has 12 heteroatoms. The van der Waals surface area contributed by atoms with Gasteiger partial charge in [0.25, 0.3) is 10.1 Å². The van der Waals surface area contributed by atoms with Crippen LogP contribution in [0, 0.1) is 17.5 Å². The number of nitrogens with zero attached hydrogens (tertiary/aromatic N) is 2. The van der Waals surface area contributed by atoms with Crippen LogP contribution in [-0.2, 0) is 21.2 Å². The molecule has 276 valence electrons. The normalized spacial score (nSPS) is 15.8. The van der Waals surface area contributed by atoms with E-state index < -0.39 is 49.1 Å². The van der Waals surface area contributed by atoms with E-state index in [9.17, 15) is 13.0 Å². The Hall–Kier alpha value is -5.01. The molecule has 0 radical (unpaired) electrons. The second-order valence-electron chi connectivity index (χ2n) is 15.4. The third-order valence-corrected chi connectivity index (χ3v) is 15.2. The maximum absolute atomic E-state index is 16.5. The topological polar surface area (TPSA) is 72.1 Å². The van der Waals surface area contributed by atoms with Crippen molar-refractivity contribution < 1.29 is 30.6 Å². The second-order valence-corrected chi connectivity index (χ2v) is 18.8. The standard InChI is InChI=1S/C43H31F3N2O4S3/c1-42(2)36-20-11-7-9-13-32(20)53-39(36)22-15-24-30(18-28(22)47(42)5)52-31-19-29-23(40-37(43(3,4)48(29)6)21-12-8-10-14-33(21)54-40)16-25(31)34(24)35-38(46)26(44)17-27(45)41(35)55(49,50)51/h7-19H,1-6H3/p+1. The van der Waals surface area contributed by atoms with Gasteiger partial charge in [-0.05, 0) is 62.7 Å². The van der Waals surface area contributed by atoms with E-state index in [1.165, 1.54) is 0 Å². The van der Waals surface area contributed by atoms with Crippen molar-refractivity contribution >= 4 is 86.3 Å². The van der Waals surface area contributed by atoms with Crippen molar-refractivity contribution in [3.8, 4) is 32.0 Å². The smallest absolute Gasteiger partial charge is 0.363 e. The largest absolute Gasteiger partial charge is 0.365 e. The Kier molecular flexibility index (Phi) is 6.93. The van der Waals surface area contributed by atoms with Gasteiger partial charge >= 0.3 is 11.2 Å². The molecule has 0 amide bonds. The van der Waals surface area contributed by atoms with Crippen LogP contribution in [0.4, 0.5) is 24.5 Å². The molecule has 0 saturated heterocycles. The maximum Gasteiger partial charge on any atom is 0.363 e. The minimum Gasteiger partial charge on any atom is -0.365 e. The zero-order valence-electron chi connectivity index (χ0n) is 30.4. The number of hydrogen-bond acceptors (Lipinski definition) is 6. The zero-order chi connectivity index (χ0) is 38.7. The van der Waals surface area contributed by atoms with E-state index in [0.29, 0.717) is 0 Å². The molecule has 0 atom stereocenters. The molecule has 55 heavy (non-hydrogen) atoms. The van der Waals surface area contributed by atoms with Gasteiger partial charge in [-0.3, -0.25) is 4.55 Å². The third kappa shape index (κ3) is 4.50. The summed E-state index contributed by atoms with van der Waals surface area (Å²) in [6, 6.07) is 23.6. The first kappa shape index (κ1) is 34.5. The summed E-state index contributed by atoms with van der Waals surface area (Å²) in [6.07, 6.45) is 0. The van der Waals surface area contributed by atoms with E-state index >= 15 is 13.2 Å². The summed E-state index contributed by atoms with van der Waals surface area (Å²) in [6.45, 7) is 8.54. The zero-order valence-corrected chi connectivity index (χ0v) is 32.9. The Labute approximate surface area is 322 Å². The Morgan fingerprint density at radius 1 is 0.636 bits per heavy atom. The molecule has 2 aliphatic heterocycles. The molecule has 10 rings (SSSR count). The molecular weight excluding hydrogens is 762 g/mol. The van der Waals surface area contributed by atoms with Crippen LogP contribution >= 0.6 is 22.7 Å². The highest BCUT2D eigenvalue weighted by atomic mass is 32.2. The average Bonchev–Trinajstić information content (AvgIpc) is 3.73. The Morgan fingerprint density at radius 2 is 1.09 bits per heavy atom. The van der Waals surface area contributed by atoms with Gasteiger partial charge in [-0.2, -0.15) is 8.42 Å². The van der Waals surface area contributed by atoms with Crippen molar-refractivity contribution in [3.63, 3.8) is 0 Å². The summed E-state index contributed by atoms with van der Waals surface area (Å²) >= 11 is 3.19. The fourth-order valence-electron chi connectivity index (χ4n) is 8.83. The molecular formula is C43H32F3N2O4S3+.